The summed E-state index contributed by atoms with van der Waals surface area (Å²) in [6.45, 7) is 3.54. The molecule has 0 spiro atoms. The van der Waals surface area contributed by atoms with Gasteiger partial charge in [-0.1, -0.05) is 0 Å². The van der Waals surface area contributed by atoms with Gasteiger partial charge in [-0.3, -0.25) is 10.00 Å². The van der Waals surface area contributed by atoms with Gasteiger partial charge in [0.25, 0.3) is 0 Å². The van der Waals surface area contributed by atoms with Crippen LogP contribution < -0.4 is 0 Å². The number of H-pyrrole nitrogens is 1. The van der Waals surface area contributed by atoms with Crippen molar-refractivity contribution < 1.29 is 5.11 Å². The first-order chi connectivity index (χ1) is 8.97. The normalized spacial score (nSPS) is 11.2. The van der Waals surface area contributed by atoms with E-state index in [1.54, 1.807) is 0 Å². The van der Waals surface area contributed by atoms with Crippen LogP contribution >= 0.6 is 45.2 Å². The molecular weight excluding hydrogens is 468 g/mol. The van der Waals surface area contributed by atoms with Gasteiger partial charge < -0.3 is 5.11 Å². The van der Waals surface area contributed by atoms with E-state index in [2.05, 4.69) is 60.3 Å². The van der Waals surface area contributed by atoms with E-state index < -0.39 is 0 Å². The summed E-state index contributed by atoms with van der Waals surface area (Å²) in [6.07, 6.45) is 1.85. The Hall–Kier alpha value is -0.350. The van der Waals surface area contributed by atoms with Crippen LogP contribution in [0.2, 0.25) is 0 Å². The van der Waals surface area contributed by atoms with E-state index >= 15 is 0 Å². The standard InChI is InChI=1S/C13H15I2N3O/c1-8-10(5-16-17-8)7-18(2)6-9-3-11(14)4-12(15)13(9)19/h3-5,19H,6-7H2,1-2H3,(H,16,17). The minimum Gasteiger partial charge on any atom is -0.507 e. The van der Waals surface area contributed by atoms with Gasteiger partial charge in [-0.15, -0.1) is 0 Å². The molecule has 0 aliphatic heterocycles. The molecule has 0 bridgehead atoms. The van der Waals surface area contributed by atoms with Crippen LogP contribution in [0.1, 0.15) is 16.8 Å². The first-order valence-corrected chi connectivity index (χ1v) is 7.97. The second kappa shape index (κ2) is 6.40. The third-order valence-electron chi connectivity index (χ3n) is 2.92. The van der Waals surface area contributed by atoms with Crippen LogP contribution in [0, 0.1) is 14.1 Å². The van der Waals surface area contributed by atoms with Crippen molar-refractivity contribution >= 4 is 45.2 Å². The smallest absolute Gasteiger partial charge is 0.133 e. The van der Waals surface area contributed by atoms with Crippen molar-refractivity contribution in [2.75, 3.05) is 7.05 Å². The molecule has 1 heterocycles. The Kier molecular flexibility index (Phi) is 5.07. The van der Waals surface area contributed by atoms with E-state index in [1.807, 2.05) is 32.3 Å². The Balaban J connectivity index is 2.11. The average molecular weight is 483 g/mol. The number of aromatic hydroxyl groups is 1. The third-order valence-corrected chi connectivity index (χ3v) is 4.37. The summed E-state index contributed by atoms with van der Waals surface area (Å²) in [4.78, 5) is 2.17. The number of rotatable bonds is 4. The third kappa shape index (κ3) is 3.82. The van der Waals surface area contributed by atoms with Crippen LogP contribution in [0.25, 0.3) is 0 Å². The lowest BCUT2D eigenvalue weighted by Crippen LogP contribution is -2.17. The van der Waals surface area contributed by atoms with Crippen molar-refractivity contribution in [1.82, 2.24) is 15.1 Å². The lowest BCUT2D eigenvalue weighted by atomic mass is 10.2. The van der Waals surface area contributed by atoms with Gasteiger partial charge in [-0.25, -0.2) is 0 Å². The molecule has 0 aliphatic rings. The number of hydrogen-bond acceptors (Lipinski definition) is 3. The van der Waals surface area contributed by atoms with Crippen molar-refractivity contribution in [3.63, 3.8) is 0 Å². The lowest BCUT2D eigenvalue weighted by molar-refractivity contribution is 0.311. The molecule has 0 saturated heterocycles. The Morgan fingerprint density at radius 2 is 1.95 bits per heavy atom. The van der Waals surface area contributed by atoms with Crippen molar-refractivity contribution in [2.24, 2.45) is 0 Å². The number of phenolic OH excluding ortho intramolecular Hbond substituents is 1. The SMILES string of the molecule is Cc1[nH]ncc1CN(C)Cc1cc(I)cc(I)c1O. The van der Waals surface area contributed by atoms with E-state index in [4.69, 9.17) is 0 Å². The van der Waals surface area contributed by atoms with Gasteiger partial charge in [0, 0.05) is 33.5 Å². The Morgan fingerprint density at radius 1 is 1.26 bits per heavy atom. The molecule has 1 aromatic carbocycles. The molecule has 0 saturated carbocycles. The van der Waals surface area contributed by atoms with Crippen LogP contribution in [0.3, 0.4) is 0 Å². The van der Waals surface area contributed by atoms with Crippen molar-refractivity contribution in [3.8, 4) is 5.75 Å². The van der Waals surface area contributed by atoms with Gasteiger partial charge in [0.15, 0.2) is 0 Å². The topological polar surface area (TPSA) is 52.2 Å². The molecule has 2 rings (SSSR count). The van der Waals surface area contributed by atoms with Gasteiger partial charge >= 0.3 is 0 Å². The monoisotopic (exact) mass is 483 g/mol. The summed E-state index contributed by atoms with van der Waals surface area (Å²) in [6, 6.07) is 4.00. The molecule has 0 unspecified atom stereocenters. The first kappa shape index (κ1) is 15.0. The molecule has 6 heteroatoms. The largest absolute Gasteiger partial charge is 0.507 e. The number of nitrogens with zero attached hydrogens (tertiary/aromatic N) is 2. The fourth-order valence-corrected chi connectivity index (χ4v) is 3.88. The minimum atomic E-state index is 0.386. The number of aromatic amines is 1. The average Bonchev–Trinajstić information content (AvgIpc) is 2.71. The molecule has 2 aromatic rings. The summed E-state index contributed by atoms with van der Waals surface area (Å²) >= 11 is 4.44. The van der Waals surface area contributed by atoms with E-state index in [1.165, 1.54) is 5.56 Å². The molecule has 102 valence electrons. The Bertz CT molecular complexity index is 583. The van der Waals surface area contributed by atoms with Gasteiger partial charge in [0.2, 0.25) is 0 Å². The highest BCUT2D eigenvalue weighted by molar-refractivity contribution is 14.1. The number of nitrogens with one attached hydrogen (secondary N) is 1. The van der Waals surface area contributed by atoms with E-state index in [9.17, 15) is 5.11 Å². The molecular formula is C13H15I2N3O. The fraction of sp³-hybridized carbons (Fsp3) is 0.308. The van der Waals surface area contributed by atoms with Crippen LogP contribution in [-0.4, -0.2) is 27.3 Å². The molecule has 0 aliphatic carbocycles. The zero-order valence-corrected chi connectivity index (χ0v) is 15.1. The number of aromatic nitrogens is 2. The maximum absolute atomic E-state index is 10.1. The zero-order chi connectivity index (χ0) is 14.0. The maximum Gasteiger partial charge on any atom is 0.133 e. The Labute approximate surface area is 139 Å². The predicted octanol–water partition coefficient (Wildman–Crippen LogP) is 3.26. The van der Waals surface area contributed by atoms with E-state index in [0.29, 0.717) is 12.3 Å². The van der Waals surface area contributed by atoms with Crippen molar-refractivity contribution in [1.29, 1.82) is 0 Å². The lowest BCUT2D eigenvalue weighted by Gasteiger charge is -2.18. The van der Waals surface area contributed by atoms with Crippen LogP contribution in [0.4, 0.5) is 0 Å². The molecule has 1 aromatic heterocycles. The second-order valence-corrected chi connectivity index (χ2v) is 7.00. The number of phenols is 1. The van der Waals surface area contributed by atoms with Crippen molar-refractivity contribution in [2.45, 2.75) is 20.0 Å². The molecule has 0 radical (unpaired) electrons. The Morgan fingerprint density at radius 3 is 2.58 bits per heavy atom. The van der Waals surface area contributed by atoms with Gasteiger partial charge in [-0.2, -0.15) is 5.10 Å². The van der Waals surface area contributed by atoms with Crippen LogP contribution in [0.5, 0.6) is 5.75 Å². The van der Waals surface area contributed by atoms with Crippen LogP contribution in [-0.2, 0) is 13.1 Å². The highest BCUT2D eigenvalue weighted by atomic mass is 127. The first-order valence-electron chi connectivity index (χ1n) is 5.81. The molecule has 0 fully saturated rings. The van der Waals surface area contributed by atoms with Crippen LogP contribution in [0.15, 0.2) is 18.3 Å². The summed E-state index contributed by atoms with van der Waals surface area (Å²) in [5, 5.41) is 17.1. The molecule has 0 atom stereocenters. The van der Waals surface area contributed by atoms with E-state index in [0.717, 1.165) is 24.9 Å². The van der Waals surface area contributed by atoms with Crippen molar-refractivity contribution in [3.05, 3.63) is 42.3 Å². The number of hydrogen-bond donors (Lipinski definition) is 2. The molecule has 4 nitrogen and oxygen atoms in total. The summed E-state index contributed by atoms with van der Waals surface area (Å²) in [5.74, 6) is 0.386. The second-order valence-electron chi connectivity index (χ2n) is 4.59. The van der Waals surface area contributed by atoms with Gasteiger partial charge in [0.05, 0.1) is 9.77 Å². The predicted molar refractivity (Wildman–Crippen MR) is 92.0 cm³/mol. The van der Waals surface area contributed by atoms with Gasteiger partial charge in [0.1, 0.15) is 5.75 Å². The summed E-state index contributed by atoms with van der Waals surface area (Å²) in [7, 11) is 2.04. The summed E-state index contributed by atoms with van der Waals surface area (Å²) in [5.41, 5.74) is 3.23. The highest BCUT2D eigenvalue weighted by Gasteiger charge is 2.11. The molecule has 0 amide bonds. The molecule has 19 heavy (non-hydrogen) atoms. The van der Waals surface area contributed by atoms with E-state index in [-0.39, 0.29) is 0 Å². The summed E-state index contributed by atoms with van der Waals surface area (Å²) < 4.78 is 2.04. The fourth-order valence-electron chi connectivity index (χ4n) is 1.91. The minimum absolute atomic E-state index is 0.386. The highest BCUT2D eigenvalue weighted by Crippen LogP contribution is 2.28. The molecule has 2 N–H and O–H groups in total. The zero-order valence-electron chi connectivity index (χ0n) is 10.7. The van der Waals surface area contributed by atoms with Gasteiger partial charge in [-0.05, 0) is 71.3 Å². The number of aryl methyl sites for hydroxylation is 1. The maximum atomic E-state index is 10.1. The quantitative estimate of drug-likeness (QED) is 0.658. The number of benzene rings is 1. The number of halogens is 2.